The summed E-state index contributed by atoms with van der Waals surface area (Å²) in [6.07, 6.45) is 5.70. The predicted octanol–water partition coefficient (Wildman–Crippen LogP) is 3.59. The third-order valence-corrected chi connectivity index (χ3v) is 16.8. The molecule has 1 saturated heterocycles. The van der Waals surface area contributed by atoms with Gasteiger partial charge in [-0.05, 0) is 0 Å². The van der Waals surface area contributed by atoms with Crippen molar-refractivity contribution in [1.29, 1.82) is 0 Å². The Labute approximate surface area is 164 Å². The van der Waals surface area contributed by atoms with Crippen LogP contribution >= 0.6 is 11.8 Å². The first kappa shape index (κ1) is 16.5. The van der Waals surface area contributed by atoms with E-state index in [0.717, 1.165) is 31.0 Å². The van der Waals surface area contributed by atoms with Crippen LogP contribution in [0.5, 0.6) is 0 Å². The molecule has 2 aromatic carbocycles. The van der Waals surface area contributed by atoms with E-state index in [0.29, 0.717) is 4.91 Å². The van der Waals surface area contributed by atoms with Gasteiger partial charge < -0.3 is 0 Å². The van der Waals surface area contributed by atoms with Crippen molar-refractivity contribution >= 4 is 57.1 Å². The molecule has 1 N–H and O–H groups in total. The molecule has 0 radical (unpaired) electrons. The molecule has 0 saturated carbocycles. The normalized spacial score (nSPS) is 20.0. The molecule has 1 fully saturated rings. The van der Waals surface area contributed by atoms with Gasteiger partial charge in [0, 0.05) is 0 Å². The number of carbonyl (C=O) groups excluding carboxylic acids is 2. The van der Waals surface area contributed by atoms with Gasteiger partial charge in [0.1, 0.15) is 0 Å². The number of carbonyl (C=O) groups is 2. The summed E-state index contributed by atoms with van der Waals surface area (Å²) in [6, 6.07) is 17.1. The van der Waals surface area contributed by atoms with Crippen LogP contribution in [0.3, 0.4) is 0 Å². The molecule has 26 heavy (non-hydrogen) atoms. The predicted molar refractivity (Wildman–Crippen MR) is 107 cm³/mol. The van der Waals surface area contributed by atoms with Crippen LogP contribution in [0.1, 0.15) is 29.5 Å². The topological polar surface area (TPSA) is 46.2 Å². The molecule has 3 aliphatic rings. The zero-order valence-corrected chi connectivity index (χ0v) is 18.2. The Bertz CT molecular complexity index is 1010. The summed E-state index contributed by atoms with van der Waals surface area (Å²) >= 11 is -1.31. The van der Waals surface area contributed by atoms with Crippen molar-refractivity contribution in [3.05, 3.63) is 73.5 Å². The van der Waals surface area contributed by atoms with Gasteiger partial charge in [0.25, 0.3) is 0 Å². The molecule has 5 rings (SSSR count). The fourth-order valence-electron chi connectivity index (χ4n) is 4.30. The van der Waals surface area contributed by atoms with Gasteiger partial charge in [-0.3, -0.25) is 0 Å². The minimum atomic E-state index is -2.40. The van der Waals surface area contributed by atoms with Crippen LogP contribution in [0.15, 0.2) is 56.8 Å². The number of thioether (sulfide) groups is 1. The van der Waals surface area contributed by atoms with Crippen molar-refractivity contribution in [1.82, 2.24) is 5.32 Å². The van der Waals surface area contributed by atoms with Gasteiger partial charge in [-0.15, -0.1) is 0 Å². The number of allylic oxidation sites excluding steroid dienone is 1. The monoisotopic (exact) mass is 461 g/mol. The van der Waals surface area contributed by atoms with Crippen LogP contribution in [0.4, 0.5) is 4.79 Å². The second kappa shape index (κ2) is 6.46. The zero-order chi connectivity index (χ0) is 17.7. The first-order chi connectivity index (χ1) is 12.7. The number of amides is 2. The standard InChI is InChI=1S/C21H16NO2S.In/c23-20-19(25-21(24)22-20)15-18-14-8-7-13-17(18)12-6-2-5-11-16-9-3-1-4-10-16;/h1,3-4,7-10,12,14H,2,5,11H2,(H,22,23,24);. The summed E-state index contributed by atoms with van der Waals surface area (Å²) in [7, 11) is 0. The molecule has 2 amide bonds. The van der Waals surface area contributed by atoms with E-state index < -0.39 is 21.4 Å². The maximum atomic E-state index is 12.3. The number of rotatable bonds is 4. The van der Waals surface area contributed by atoms with Crippen LogP contribution < -0.4 is 8.64 Å². The zero-order valence-electron chi connectivity index (χ0n) is 14.1. The fraction of sp³-hybridized carbons (Fsp3) is 0.143. The molecule has 0 spiro atoms. The average Bonchev–Trinajstić information content (AvgIpc) is 3.22. The summed E-state index contributed by atoms with van der Waals surface area (Å²) in [4.78, 5) is 24.6. The van der Waals surface area contributed by atoms with Crippen molar-refractivity contribution in [2.75, 3.05) is 0 Å². The molecule has 0 aromatic heterocycles. The number of hydrogen-bond donors (Lipinski definition) is 1. The Morgan fingerprint density at radius 2 is 1.81 bits per heavy atom. The van der Waals surface area contributed by atoms with E-state index in [9.17, 15) is 9.59 Å². The Hall–Kier alpha value is -1.72. The first-order valence-electron chi connectivity index (χ1n) is 8.87. The van der Waals surface area contributed by atoms with Gasteiger partial charge >= 0.3 is 165 Å². The van der Waals surface area contributed by atoms with Crippen LogP contribution in [-0.4, -0.2) is 32.6 Å². The summed E-state index contributed by atoms with van der Waals surface area (Å²) in [5, 5.41) is 2.20. The van der Waals surface area contributed by atoms with E-state index in [1.807, 2.05) is 0 Å². The summed E-state index contributed by atoms with van der Waals surface area (Å²) in [5.74, 6) is -0.198. The summed E-state index contributed by atoms with van der Waals surface area (Å²) in [5.41, 5.74) is 3.92. The molecular formula is C21H16InNO2S. The minimum absolute atomic E-state index is 0.198. The molecule has 3 aliphatic heterocycles. The van der Waals surface area contributed by atoms with Crippen molar-refractivity contribution in [2.24, 2.45) is 0 Å². The van der Waals surface area contributed by atoms with Crippen molar-refractivity contribution in [3.8, 4) is 0 Å². The van der Waals surface area contributed by atoms with Gasteiger partial charge in [-0.1, -0.05) is 0 Å². The van der Waals surface area contributed by atoms with Gasteiger partial charge in [-0.2, -0.15) is 0 Å². The molecule has 0 unspecified atom stereocenters. The molecule has 3 nitrogen and oxygen atoms in total. The number of hydrogen-bond acceptors (Lipinski definition) is 3. The van der Waals surface area contributed by atoms with E-state index in [1.165, 1.54) is 23.3 Å². The second-order valence-corrected chi connectivity index (χ2v) is 15.9. The number of nitrogens with one attached hydrogen (secondary N) is 1. The SMILES string of the molecule is O=C1NC(=O)/C(=[C]2\c3ccc[c]4c3C=[C](CCCc3ccccc3)[In]24)S1. The molecule has 0 atom stereocenters. The third kappa shape index (κ3) is 2.60. The van der Waals surface area contributed by atoms with Crippen molar-refractivity contribution in [2.45, 2.75) is 19.3 Å². The van der Waals surface area contributed by atoms with E-state index in [2.05, 4.69) is 59.9 Å². The average molecular weight is 461 g/mol. The molecule has 0 aliphatic carbocycles. The van der Waals surface area contributed by atoms with Gasteiger partial charge in [0.05, 0.1) is 0 Å². The van der Waals surface area contributed by atoms with Crippen molar-refractivity contribution in [3.63, 3.8) is 0 Å². The maximum absolute atomic E-state index is 12.3. The fourth-order valence-corrected chi connectivity index (χ4v) is 16.9. The van der Waals surface area contributed by atoms with Crippen LogP contribution in [-0.2, 0) is 11.2 Å². The van der Waals surface area contributed by atoms with E-state index in [-0.39, 0.29) is 11.1 Å². The van der Waals surface area contributed by atoms with Crippen LogP contribution in [0.2, 0.25) is 0 Å². The number of imide groups is 1. The first-order valence-corrected chi connectivity index (χ1v) is 14.6. The Morgan fingerprint density at radius 1 is 0.962 bits per heavy atom. The van der Waals surface area contributed by atoms with Crippen molar-refractivity contribution < 1.29 is 9.59 Å². The molecular weight excluding hydrogens is 445 g/mol. The summed E-state index contributed by atoms with van der Waals surface area (Å²) in [6.45, 7) is 0. The molecule has 126 valence electrons. The quantitative estimate of drug-likeness (QED) is 0.709. The van der Waals surface area contributed by atoms with Gasteiger partial charge in [0.15, 0.2) is 0 Å². The molecule has 3 heterocycles. The number of aryl methyl sites for hydroxylation is 1. The number of benzene rings is 2. The van der Waals surface area contributed by atoms with Crippen LogP contribution in [0, 0.1) is 0 Å². The molecule has 2 aromatic rings. The summed E-state index contributed by atoms with van der Waals surface area (Å²) < 4.78 is 4.31. The Kier molecular flexibility index (Phi) is 4.09. The molecule has 5 heteroatoms. The molecule has 4 bridgehead atoms. The Balaban J connectivity index is 1.43. The van der Waals surface area contributed by atoms with E-state index in [4.69, 9.17) is 0 Å². The Morgan fingerprint density at radius 3 is 2.54 bits per heavy atom. The third-order valence-electron chi connectivity index (χ3n) is 5.37. The van der Waals surface area contributed by atoms with Gasteiger partial charge in [-0.25, -0.2) is 0 Å². The second-order valence-electron chi connectivity index (χ2n) is 6.89. The van der Waals surface area contributed by atoms with Gasteiger partial charge in [0.2, 0.25) is 0 Å². The van der Waals surface area contributed by atoms with Crippen LogP contribution in [0.25, 0.3) is 9.41 Å². The van der Waals surface area contributed by atoms with E-state index >= 15 is 0 Å². The van der Waals surface area contributed by atoms with E-state index in [1.54, 1.807) is 3.33 Å².